The zero-order chi connectivity index (χ0) is 20.1. The smallest absolute Gasteiger partial charge is 0.231 e. The maximum Gasteiger partial charge on any atom is 0.231 e. The second-order valence-corrected chi connectivity index (χ2v) is 7.12. The highest BCUT2D eigenvalue weighted by Crippen LogP contribution is 2.34. The lowest BCUT2D eigenvalue weighted by atomic mass is 9.95. The van der Waals surface area contributed by atoms with Gasteiger partial charge < -0.3 is 24.4 Å². The van der Waals surface area contributed by atoms with Crippen molar-refractivity contribution < 1.29 is 23.8 Å². The summed E-state index contributed by atoms with van der Waals surface area (Å²) in [5, 5.41) is 2.94. The van der Waals surface area contributed by atoms with E-state index in [4.69, 9.17) is 14.2 Å². The lowest BCUT2D eigenvalue weighted by Crippen LogP contribution is -2.41. The molecule has 0 bridgehead atoms. The van der Waals surface area contributed by atoms with Gasteiger partial charge in [0.2, 0.25) is 18.6 Å². The maximum atomic E-state index is 12.6. The Kier molecular flexibility index (Phi) is 5.84. The number of likely N-dealkylation sites (tertiary alicyclic amines) is 1. The molecule has 1 fully saturated rings. The molecule has 1 N–H and O–H groups in total. The molecule has 2 aromatic carbocycles. The van der Waals surface area contributed by atoms with Gasteiger partial charge in [-0.3, -0.25) is 9.59 Å². The second-order valence-electron chi connectivity index (χ2n) is 7.12. The van der Waals surface area contributed by atoms with Crippen LogP contribution in [0.15, 0.2) is 48.5 Å². The molecule has 2 aliphatic rings. The van der Waals surface area contributed by atoms with Crippen LogP contribution in [0.3, 0.4) is 0 Å². The van der Waals surface area contributed by atoms with Gasteiger partial charge in [0.05, 0.1) is 13.0 Å². The van der Waals surface area contributed by atoms with Gasteiger partial charge >= 0.3 is 0 Å². The third-order valence-electron chi connectivity index (χ3n) is 5.19. The van der Waals surface area contributed by atoms with Crippen molar-refractivity contribution in [2.45, 2.75) is 19.3 Å². The van der Waals surface area contributed by atoms with Gasteiger partial charge in [0.25, 0.3) is 0 Å². The molecule has 0 aromatic heterocycles. The number of nitrogens with one attached hydrogen (secondary N) is 1. The largest absolute Gasteiger partial charge is 0.493 e. The van der Waals surface area contributed by atoms with Crippen molar-refractivity contribution in [1.29, 1.82) is 0 Å². The van der Waals surface area contributed by atoms with E-state index in [-0.39, 0.29) is 24.5 Å². The van der Waals surface area contributed by atoms with Crippen LogP contribution < -0.4 is 19.5 Å². The highest BCUT2D eigenvalue weighted by molar-refractivity contribution is 5.93. The Morgan fingerprint density at radius 3 is 2.59 bits per heavy atom. The molecule has 0 spiro atoms. The summed E-state index contributed by atoms with van der Waals surface area (Å²) in [7, 11) is 0. The molecule has 4 rings (SSSR count). The van der Waals surface area contributed by atoms with Gasteiger partial charge in [0.15, 0.2) is 11.5 Å². The van der Waals surface area contributed by atoms with E-state index >= 15 is 0 Å². The Morgan fingerprint density at radius 1 is 1.03 bits per heavy atom. The third-order valence-corrected chi connectivity index (χ3v) is 5.19. The number of para-hydroxylation sites is 1. The summed E-state index contributed by atoms with van der Waals surface area (Å²) >= 11 is 0. The number of nitrogens with zero attached hydrogens (tertiary/aromatic N) is 1. The Morgan fingerprint density at radius 2 is 1.79 bits per heavy atom. The van der Waals surface area contributed by atoms with E-state index in [1.807, 2.05) is 35.2 Å². The van der Waals surface area contributed by atoms with Gasteiger partial charge in [-0.25, -0.2) is 0 Å². The highest BCUT2D eigenvalue weighted by atomic mass is 16.7. The van der Waals surface area contributed by atoms with Gasteiger partial charge in [-0.1, -0.05) is 18.2 Å². The number of hydrogen-bond acceptors (Lipinski definition) is 5. The number of anilines is 1. The number of hydrogen-bond donors (Lipinski definition) is 1. The molecular weight excluding hydrogens is 372 g/mol. The van der Waals surface area contributed by atoms with Crippen LogP contribution in [0, 0.1) is 5.92 Å². The number of carbonyl (C=O) groups excluding carboxylic acids is 2. The quantitative estimate of drug-likeness (QED) is 0.812. The van der Waals surface area contributed by atoms with Gasteiger partial charge in [0, 0.05) is 30.8 Å². The van der Waals surface area contributed by atoms with E-state index in [0.717, 1.165) is 5.75 Å². The Labute approximate surface area is 169 Å². The van der Waals surface area contributed by atoms with Crippen LogP contribution in [0.5, 0.6) is 17.2 Å². The predicted octanol–water partition coefficient (Wildman–Crippen LogP) is 3.06. The van der Waals surface area contributed by atoms with Gasteiger partial charge in [-0.05, 0) is 37.1 Å². The normalized spacial score (nSPS) is 15.8. The van der Waals surface area contributed by atoms with Crippen molar-refractivity contribution in [3.8, 4) is 17.2 Å². The average Bonchev–Trinajstić information content (AvgIpc) is 3.22. The summed E-state index contributed by atoms with van der Waals surface area (Å²) in [6.07, 6.45) is 1.65. The molecule has 1 saturated heterocycles. The molecule has 29 heavy (non-hydrogen) atoms. The fourth-order valence-electron chi connectivity index (χ4n) is 3.54. The Bertz CT molecular complexity index is 863. The third kappa shape index (κ3) is 4.80. The van der Waals surface area contributed by atoms with Crippen LogP contribution in [0.25, 0.3) is 0 Å². The first-order valence-electron chi connectivity index (χ1n) is 9.85. The van der Waals surface area contributed by atoms with E-state index in [1.165, 1.54) is 0 Å². The number of piperidine rings is 1. The predicted molar refractivity (Wildman–Crippen MR) is 107 cm³/mol. The molecule has 7 heteroatoms. The molecule has 2 amide bonds. The number of amides is 2. The molecule has 2 heterocycles. The van der Waals surface area contributed by atoms with Crippen LogP contribution in [-0.4, -0.2) is 43.2 Å². The van der Waals surface area contributed by atoms with E-state index in [9.17, 15) is 9.59 Å². The summed E-state index contributed by atoms with van der Waals surface area (Å²) in [6.45, 7) is 1.73. The minimum atomic E-state index is -0.106. The first-order valence-corrected chi connectivity index (χ1v) is 9.85. The number of carbonyl (C=O) groups is 2. The number of ether oxygens (including phenoxy) is 3. The first-order chi connectivity index (χ1) is 14.2. The lowest BCUT2D eigenvalue weighted by Gasteiger charge is -2.31. The van der Waals surface area contributed by atoms with E-state index in [1.54, 1.807) is 18.2 Å². The SMILES string of the molecule is O=C(Nc1ccc2c(c1)OCO2)C1CCN(C(=O)CCOc2ccccc2)CC1. The van der Waals surface area contributed by atoms with E-state index in [0.29, 0.717) is 56.1 Å². The molecule has 7 nitrogen and oxygen atoms in total. The van der Waals surface area contributed by atoms with E-state index < -0.39 is 0 Å². The first kappa shape index (κ1) is 19.1. The van der Waals surface area contributed by atoms with Crippen LogP contribution in [0.4, 0.5) is 5.69 Å². The zero-order valence-corrected chi connectivity index (χ0v) is 16.1. The number of benzene rings is 2. The molecular formula is C22H24N2O5. The van der Waals surface area contributed by atoms with Crippen molar-refractivity contribution in [2.75, 3.05) is 31.8 Å². The lowest BCUT2D eigenvalue weighted by molar-refractivity contribution is -0.135. The number of fused-ring (bicyclic) bond motifs is 1. The summed E-state index contributed by atoms with van der Waals surface area (Å²) in [5.41, 5.74) is 0.691. The molecule has 0 aliphatic carbocycles. The van der Waals surface area contributed by atoms with Crippen molar-refractivity contribution in [3.05, 3.63) is 48.5 Å². The minimum absolute atomic E-state index is 0.0247. The molecule has 2 aliphatic heterocycles. The summed E-state index contributed by atoms with van der Waals surface area (Å²) in [6, 6.07) is 14.8. The van der Waals surface area contributed by atoms with Gasteiger partial charge in [-0.2, -0.15) is 0 Å². The fraction of sp³-hybridized carbons (Fsp3) is 0.364. The van der Waals surface area contributed by atoms with Gasteiger partial charge in [0.1, 0.15) is 5.75 Å². The summed E-state index contributed by atoms with van der Waals surface area (Å²) in [4.78, 5) is 26.8. The number of rotatable bonds is 6. The Balaban J connectivity index is 1.20. The minimum Gasteiger partial charge on any atom is -0.493 e. The van der Waals surface area contributed by atoms with Crippen LogP contribution in [-0.2, 0) is 9.59 Å². The molecule has 0 unspecified atom stereocenters. The summed E-state index contributed by atoms with van der Waals surface area (Å²) in [5.74, 6) is 2.02. The van der Waals surface area contributed by atoms with Gasteiger partial charge in [-0.15, -0.1) is 0 Å². The molecule has 0 saturated carbocycles. The molecule has 2 aromatic rings. The monoisotopic (exact) mass is 396 g/mol. The molecule has 152 valence electrons. The highest BCUT2D eigenvalue weighted by Gasteiger charge is 2.27. The maximum absolute atomic E-state index is 12.6. The van der Waals surface area contributed by atoms with Crippen molar-refractivity contribution in [3.63, 3.8) is 0 Å². The van der Waals surface area contributed by atoms with E-state index in [2.05, 4.69) is 5.32 Å². The van der Waals surface area contributed by atoms with Crippen LogP contribution in [0.2, 0.25) is 0 Å². The summed E-state index contributed by atoms with van der Waals surface area (Å²) < 4.78 is 16.2. The molecule has 0 atom stereocenters. The standard InChI is InChI=1S/C22H24N2O5/c25-21(10-13-27-18-4-2-1-3-5-18)24-11-8-16(9-12-24)22(26)23-17-6-7-19-20(14-17)29-15-28-19/h1-7,14,16H,8-13,15H2,(H,23,26). The van der Waals surface area contributed by atoms with Crippen molar-refractivity contribution in [2.24, 2.45) is 5.92 Å². The fourth-order valence-corrected chi connectivity index (χ4v) is 3.54. The topological polar surface area (TPSA) is 77.1 Å². The van der Waals surface area contributed by atoms with Crippen LogP contribution in [0.1, 0.15) is 19.3 Å². The van der Waals surface area contributed by atoms with Crippen molar-refractivity contribution in [1.82, 2.24) is 4.90 Å². The average molecular weight is 396 g/mol. The Hall–Kier alpha value is -3.22. The van der Waals surface area contributed by atoms with Crippen molar-refractivity contribution >= 4 is 17.5 Å². The zero-order valence-electron chi connectivity index (χ0n) is 16.1. The molecule has 0 radical (unpaired) electrons. The second kappa shape index (κ2) is 8.86. The van der Waals surface area contributed by atoms with Crippen LogP contribution >= 0.6 is 0 Å².